The minimum absolute atomic E-state index is 0.114. The van der Waals surface area contributed by atoms with Crippen molar-refractivity contribution in [1.82, 2.24) is 10.2 Å². The first kappa shape index (κ1) is 13.0. The van der Waals surface area contributed by atoms with Crippen molar-refractivity contribution in [2.45, 2.75) is 19.3 Å². The molecule has 0 radical (unpaired) electrons. The maximum absolute atomic E-state index is 11.9. The third kappa shape index (κ3) is 3.81. The van der Waals surface area contributed by atoms with Crippen molar-refractivity contribution < 1.29 is 14.3 Å². The zero-order valence-corrected chi connectivity index (χ0v) is 9.99. The van der Waals surface area contributed by atoms with Crippen LogP contribution in [0.25, 0.3) is 0 Å². The van der Waals surface area contributed by atoms with Gasteiger partial charge in [0.2, 0.25) is 5.91 Å². The summed E-state index contributed by atoms with van der Waals surface area (Å²) in [6.45, 7) is 2.32. The Morgan fingerprint density at radius 3 is 2.81 bits per heavy atom. The first-order valence-electron chi connectivity index (χ1n) is 5.67. The number of ether oxygens (including phenoxy) is 1. The standard InChI is InChI=1S/C11H20N2O3/c1-13(7-3-4-10(14)16-2)11(15)9-5-6-12-8-9/h9,12H,3-8H2,1-2H3. The molecule has 0 saturated carbocycles. The molecule has 1 atom stereocenters. The van der Waals surface area contributed by atoms with E-state index in [0.717, 1.165) is 19.5 Å². The Kier molecular flexibility index (Phi) is 5.25. The van der Waals surface area contributed by atoms with E-state index in [1.54, 1.807) is 11.9 Å². The lowest BCUT2D eigenvalue weighted by Crippen LogP contribution is -2.34. The molecule has 1 aliphatic heterocycles. The van der Waals surface area contributed by atoms with Gasteiger partial charge in [-0.15, -0.1) is 0 Å². The largest absolute Gasteiger partial charge is 0.469 e. The molecule has 92 valence electrons. The lowest BCUT2D eigenvalue weighted by molar-refractivity contribution is -0.141. The molecule has 1 rings (SSSR count). The molecule has 0 spiro atoms. The van der Waals surface area contributed by atoms with Gasteiger partial charge in [0.15, 0.2) is 0 Å². The van der Waals surface area contributed by atoms with E-state index in [1.807, 2.05) is 0 Å². The fourth-order valence-corrected chi connectivity index (χ4v) is 1.85. The zero-order chi connectivity index (χ0) is 12.0. The number of esters is 1. The fraction of sp³-hybridized carbons (Fsp3) is 0.818. The van der Waals surface area contributed by atoms with Gasteiger partial charge in [0, 0.05) is 26.6 Å². The summed E-state index contributed by atoms with van der Waals surface area (Å²) in [4.78, 5) is 24.5. The number of hydrogen-bond donors (Lipinski definition) is 1. The molecule has 0 aromatic rings. The molecule has 1 saturated heterocycles. The third-order valence-corrected chi connectivity index (χ3v) is 2.89. The Morgan fingerprint density at radius 1 is 1.50 bits per heavy atom. The molecule has 1 N–H and O–H groups in total. The zero-order valence-electron chi connectivity index (χ0n) is 9.99. The summed E-state index contributed by atoms with van der Waals surface area (Å²) in [6.07, 6.45) is 1.95. The lowest BCUT2D eigenvalue weighted by Gasteiger charge is -2.20. The second-order valence-electron chi connectivity index (χ2n) is 4.13. The molecule has 1 unspecified atom stereocenters. The summed E-state index contributed by atoms with van der Waals surface area (Å²) in [6, 6.07) is 0. The molecule has 0 aromatic heterocycles. The monoisotopic (exact) mass is 228 g/mol. The molecular formula is C11H20N2O3. The molecule has 1 aliphatic rings. The average Bonchev–Trinajstić information content (AvgIpc) is 2.81. The van der Waals surface area contributed by atoms with Crippen molar-refractivity contribution in [2.24, 2.45) is 5.92 Å². The normalized spacial score (nSPS) is 19.5. The van der Waals surface area contributed by atoms with Crippen LogP contribution in [0.1, 0.15) is 19.3 Å². The number of rotatable bonds is 5. The van der Waals surface area contributed by atoms with Crippen LogP contribution in [-0.4, -0.2) is 50.6 Å². The van der Waals surface area contributed by atoms with Crippen LogP contribution in [-0.2, 0) is 14.3 Å². The van der Waals surface area contributed by atoms with Crippen LogP contribution in [0.3, 0.4) is 0 Å². The lowest BCUT2D eigenvalue weighted by atomic mass is 10.1. The van der Waals surface area contributed by atoms with Crippen LogP contribution in [0.5, 0.6) is 0 Å². The summed E-state index contributed by atoms with van der Waals surface area (Å²) >= 11 is 0. The van der Waals surface area contributed by atoms with E-state index in [-0.39, 0.29) is 17.8 Å². The molecule has 16 heavy (non-hydrogen) atoms. The molecule has 1 amide bonds. The number of hydrogen-bond acceptors (Lipinski definition) is 4. The van der Waals surface area contributed by atoms with Gasteiger partial charge >= 0.3 is 5.97 Å². The summed E-state index contributed by atoms with van der Waals surface area (Å²) in [7, 11) is 3.17. The first-order chi connectivity index (χ1) is 7.65. The highest BCUT2D eigenvalue weighted by molar-refractivity contribution is 5.79. The summed E-state index contributed by atoms with van der Waals surface area (Å²) in [5, 5.41) is 3.17. The highest BCUT2D eigenvalue weighted by Gasteiger charge is 2.24. The number of carbonyl (C=O) groups is 2. The topological polar surface area (TPSA) is 58.6 Å². The molecular weight excluding hydrogens is 208 g/mol. The van der Waals surface area contributed by atoms with Gasteiger partial charge in [-0.25, -0.2) is 0 Å². The predicted octanol–water partition coefficient (Wildman–Crippen LogP) is 0.00750. The van der Waals surface area contributed by atoms with Crippen LogP contribution < -0.4 is 5.32 Å². The SMILES string of the molecule is COC(=O)CCCN(C)C(=O)C1CCNC1. The van der Waals surface area contributed by atoms with Crippen LogP contribution in [0.2, 0.25) is 0 Å². The quantitative estimate of drug-likeness (QED) is 0.673. The fourth-order valence-electron chi connectivity index (χ4n) is 1.85. The maximum atomic E-state index is 11.9. The number of nitrogens with one attached hydrogen (secondary N) is 1. The van der Waals surface area contributed by atoms with Crippen LogP contribution in [0.15, 0.2) is 0 Å². The molecule has 5 heteroatoms. The Labute approximate surface area is 96.1 Å². The van der Waals surface area contributed by atoms with E-state index in [9.17, 15) is 9.59 Å². The van der Waals surface area contributed by atoms with Gasteiger partial charge in [-0.1, -0.05) is 0 Å². The van der Waals surface area contributed by atoms with Crippen molar-refractivity contribution in [3.63, 3.8) is 0 Å². The van der Waals surface area contributed by atoms with Crippen molar-refractivity contribution in [2.75, 3.05) is 33.8 Å². The predicted molar refractivity (Wildman–Crippen MR) is 59.9 cm³/mol. The van der Waals surface area contributed by atoms with E-state index in [0.29, 0.717) is 19.4 Å². The van der Waals surface area contributed by atoms with E-state index < -0.39 is 0 Å². The number of nitrogens with zero attached hydrogens (tertiary/aromatic N) is 1. The van der Waals surface area contributed by atoms with Gasteiger partial charge in [0.25, 0.3) is 0 Å². The summed E-state index contributed by atoms with van der Waals surface area (Å²) in [5.74, 6) is 0.0707. The number of methoxy groups -OCH3 is 1. The van der Waals surface area contributed by atoms with Crippen molar-refractivity contribution >= 4 is 11.9 Å². The highest BCUT2D eigenvalue weighted by atomic mass is 16.5. The van der Waals surface area contributed by atoms with Gasteiger partial charge in [-0.3, -0.25) is 9.59 Å². The molecule has 5 nitrogen and oxygen atoms in total. The second kappa shape index (κ2) is 6.48. The number of carbonyl (C=O) groups excluding carboxylic acids is 2. The van der Waals surface area contributed by atoms with Gasteiger partial charge in [0.1, 0.15) is 0 Å². The number of amides is 1. The minimum Gasteiger partial charge on any atom is -0.469 e. The molecule has 0 aromatic carbocycles. The third-order valence-electron chi connectivity index (χ3n) is 2.89. The van der Waals surface area contributed by atoms with Crippen molar-refractivity contribution in [3.8, 4) is 0 Å². The van der Waals surface area contributed by atoms with Gasteiger partial charge in [-0.05, 0) is 19.4 Å². The average molecular weight is 228 g/mol. The Bertz CT molecular complexity index is 250. The molecule has 0 bridgehead atoms. The van der Waals surface area contributed by atoms with Crippen molar-refractivity contribution in [1.29, 1.82) is 0 Å². The minimum atomic E-state index is -0.219. The van der Waals surface area contributed by atoms with Crippen molar-refractivity contribution in [3.05, 3.63) is 0 Å². The Hall–Kier alpha value is -1.10. The van der Waals surface area contributed by atoms with E-state index in [4.69, 9.17) is 0 Å². The van der Waals surface area contributed by atoms with E-state index >= 15 is 0 Å². The van der Waals surface area contributed by atoms with E-state index in [1.165, 1.54) is 7.11 Å². The molecule has 1 fully saturated rings. The van der Waals surface area contributed by atoms with Gasteiger partial charge in [-0.2, -0.15) is 0 Å². The Balaban J connectivity index is 2.20. The maximum Gasteiger partial charge on any atom is 0.305 e. The van der Waals surface area contributed by atoms with Crippen LogP contribution in [0, 0.1) is 5.92 Å². The summed E-state index contributed by atoms with van der Waals surface area (Å²) in [5.41, 5.74) is 0. The Morgan fingerprint density at radius 2 is 2.25 bits per heavy atom. The van der Waals surface area contributed by atoms with E-state index in [2.05, 4.69) is 10.1 Å². The summed E-state index contributed by atoms with van der Waals surface area (Å²) < 4.78 is 4.54. The van der Waals surface area contributed by atoms with Gasteiger partial charge < -0.3 is 15.0 Å². The smallest absolute Gasteiger partial charge is 0.305 e. The molecule has 1 heterocycles. The molecule has 0 aliphatic carbocycles. The van der Waals surface area contributed by atoms with Gasteiger partial charge in [0.05, 0.1) is 13.0 Å². The second-order valence-corrected chi connectivity index (χ2v) is 4.13. The first-order valence-corrected chi connectivity index (χ1v) is 5.67. The van der Waals surface area contributed by atoms with Crippen LogP contribution >= 0.6 is 0 Å². The van der Waals surface area contributed by atoms with Crippen LogP contribution in [0.4, 0.5) is 0 Å². The highest BCUT2D eigenvalue weighted by Crippen LogP contribution is 2.11.